The van der Waals surface area contributed by atoms with E-state index in [1.54, 1.807) is 6.07 Å². The molecular formula is C29H33F3O. The molecule has 0 bridgehead atoms. The molecule has 1 saturated carbocycles. The van der Waals surface area contributed by atoms with Crippen LogP contribution in [0.5, 0.6) is 5.75 Å². The van der Waals surface area contributed by atoms with Crippen LogP contribution in [0.2, 0.25) is 0 Å². The van der Waals surface area contributed by atoms with Crippen molar-refractivity contribution in [2.75, 3.05) is 6.61 Å². The van der Waals surface area contributed by atoms with Gasteiger partial charge in [0.25, 0.3) is 0 Å². The summed E-state index contributed by atoms with van der Waals surface area (Å²) in [4.78, 5) is 0. The van der Waals surface area contributed by atoms with Crippen LogP contribution in [0.3, 0.4) is 0 Å². The molecule has 1 fully saturated rings. The van der Waals surface area contributed by atoms with Crippen molar-refractivity contribution >= 4 is 10.8 Å². The molecule has 0 radical (unpaired) electrons. The van der Waals surface area contributed by atoms with Crippen LogP contribution in [-0.2, 0) is 0 Å². The van der Waals surface area contributed by atoms with Crippen LogP contribution in [-0.4, -0.2) is 6.61 Å². The maximum atomic E-state index is 15.0. The SMILES string of the molecule is CCCCOc1ccc2cc(-c3ccc(C4CCC(CCC)CC4)cc3)c(F)c(F)c2c1F. The highest BCUT2D eigenvalue weighted by Gasteiger charge is 2.23. The second kappa shape index (κ2) is 10.6. The zero-order valence-electron chi connectivity index (χ0n) is 19.6. The van der Waals surface area contributed by atoms with Crippen molar-refractivity contribution in [1.29, 1.82) is 0 Å². The van der Waals surface area contributed by atoms with Gasteiger partial charge in [-0.05, 0) is 72.6 Å². The second-order valence-electron chi connectivity index (χ2n) is 9.36. The predicted molar refractivity (Wildman–Crippen MR) is 129 cm³/mol. The summed E-state index contributed by atoms with van der Waals surface area (Å²) in [7, 11) is 0. The summed E-state index contributed by atoms with van der Waals surface area (Å²) >= 11 is 0. The summed E-state index contributed by atoms with van der Waals surface area (Å²) < 4.78 is 50.3. The molecule has 4 rings (SSSR count). The molecule has 4 heteroatoms. The summed E-state index contributed by atoms with van der Waals surface area (Å²) in [5.41, 5.74) is 2.01. The standard InChI is InChI=1S/C29H33F3O/c1-3-5-17-33-25-16-15-23-18-24(27(30)29(32)26(23)28(25)31)22-13-11-21(12-14-22)20-9-7-19(6-4-2)8-10-20/h11-16,18-20H,3-10,17H2,1-2H3. The molecule has 0 spiro atoms. The zero-order valence-corrected chi connectivity index (χ0v) is 19.6. The van der Waals surface area contributed by atoms with Gasteiger partial charge in [0.2, 0.25) is 0 Å². The van der Waals surface area contributed by atoms with E-state index in [2.05, 4.69) is 6.92 Å². The van der Waals surface area contributed by atoms with Gasteiger partial charge in [-0.2, -0.15) is 0 Å². The Hall–Kier alpha value is -2.49. The maximum absolute atomic E-state index is 15.0. The molecule has 1 nitrogen and oxygen atoms in total. The smallest absolute Gasteiger partial charge is 0.175 e. The minimum Gasteiger partial charge on any atom is -0.490 e. The van der Waals surface area contributed by atoms with Crippen molar-refractivity contribution in [3.05, 3.63) is 65.5 Å². The molecular weight excluding hydrogens is 421 g/mol. The summed E-state index contributed by atoms with van der Waals surface area (Å²) in [5.74, 6) is -1.71. The van der Waals surface area contributed by atoms with E-state index in [4.69, 9.17) is 4.74 Å². The van der Waals surface area contributed by atoms with Gasteiger partial charge in [-0.15, -0.1) is 0 Å². The third-order valence-electron chi connectivity index (χ3n) is 7.08. The molecule has 1 aliphatic rings. The number of halogens is 3. The average Bonchev–Trinajstić information content (AvgIpc) is 2.83. The molecule has 0 atom stereocenters. The second-order valence-corrected chi connectivity index (χ2v) is 9.36. The summed E-state index contributed by atoms with van der Waals surface area (Å²) in [6, 6.07) is 12.4. The number of unbranched alkanes of at least 4 members (excludes halogenated alkanes) is 1. The van der Waals surface area contributed by atoms with Crippen LogP contribution in [0.15, 0.2) is 42.5 Å². The fourth-order valence-electron chi connectivity index (χ4n) is 5.14. The van der Waals surface area contributed by atoms with E-state index >= 15 is 4.39 Å². The molecule has 3 aromatic rings. The van der Waals surface area contributed by atoms with Crippen LogP contribution in [0, 0.1) is 23.4 Å². The zero-order chi connectivity index (χ0) is 23.4. The van der Waals surface area contributed by atoms with Gasteiger partial charge in [0.1, 0.15) is 0 Å². The Bertz CT molecular complexity index is 1080. The lowest BCUT2D eigenvalue weighted by Gasteiger charge is -2.28. The summed E-state index contributed by atoms with van der Waals surface area (Å²) in [6.07, 6.45) is 9.13. The van der Waals surface area contributed by atoms with E-state index in [0.717, 1.165) is 18.8 Å². The monoisotopic (exact) mass is 454 g/mol. The predicted octanol–water partition coefficient (Wildman–Crippen LogP) is 9.18. The van der Waals surface area contributed by atoms with Gasteiger partial charge >= 0.3 is 0 Å². The van der Waals surface area contributed by atoms with Crippen LogP contribution in [0.25, 0.3) is 21.9 Å². The third kappa shape index (κ3) is 5.05. The fraction of sp³-hybridized carbons (Fsp3) is 0.448. The number of hydrogen-bond acceptors (Lipinski definition) is 1. The highest BCUT2D eigenvalue weighted by atomic mass is 19.2. The van der Waals surface area contributed by atoms with Crippen LogP contribution < -0.4 is 4.74 Å². The highest BCUT2D eigenvalue weighted by Crippen LogP contribution is 2.39. The van der Waals surface area contributed by atoms with Crippen molar-refractivity contribution in [2.24, 2.45) is 5.92 Å². The first-order chi connectivity index (χ1) is 16.0. The molecule has 3 aromatic carbocycles. The van der Waals surface area contributed by atoms with Gasteiger partial charge in [-0.1, -0.05) is 63.4 Å². The van der Waals surface area contributed by atoms with Gasteiger partial charge in [-0.25, -0.2) is 13.2 Å². The molecule has 176 valence electrons. The number of rotatable bonds is 8. The Morgan fingerprint density at radius 2 is 1.55 bits per heavy atom. The Morgan fingerprint density at radius 3 is 2.21 bits per heavy atom. The molecule has 0 aliphatic heterocycles. The lowest BCUT2D eigenvalue weighted by Crippen LogP contribution is -2.13. The van der Waals surface area contributed by atoms with Crippen LogP contribution in [0.4, 0.5) is 13.2 Å². The highest BCUT2D eigenvalue weighted by molar-refractivity contribution is 5.90. The lowest BCUT2D eigenvalue weighted by atomic mass is 9.77. The topological polar surface area (TPSA) is 9.23 Å². The number of hydrogen-bond donors (Lipinski definition) is 0. The number of fused-ring (bicyclic) bond motifs is 1. The Labute approximate surface area is 195 Å². The molecule has 0 aromatic heterocycles. The maximum Gasteiger partial charge on any atom is 0.175 e. The number of benzene rings is 3. The molecule has 1 aliphatic carbocycles. The van der Waals surface area contributed by atoms with Crippen LogP contribution >= 0.6 is 0 Å². The van der Waals surface area contributed by atoms with Crippen molar-refractivity contribution in [3.63, 3.8) is 0 Å². The van der Waals surface area contributed by atoms with E-state index in [0.29, 0.717) is 23.5 Å². The third-order valence-corrected chi connectivity index (χ3v) is 7.08. The van der Waals surface area contributed by atoms with Gasteiger partial charge < -0.3 is 4.74 Å². The summed E-state index contributed by atoms with van der Waals surface area (Å²) in [6.45, 7) is 4.59. The van der Waals surface area contributed by atoms with E-state index in [1.807, 2.05) is 31.2 Å². The van der Waals surface area contributed by atoms with Gasteiger partial charge in [0.15, 0.2) is 23.2 Å². The van der Waals surface area contributed by atoms with Crippen LogP contribution in [0.1, 0.15) is 76.7 Å². The first-order valence-electron chi connectivity index (χ1n) is 12.4. The minimum atomic E-state index is -1.17. The molecule has 0 N–H and O–H groups in total. The van der Waals surface area contributed by atoms with E-state index in [1.165, 1.54) is 56.2 Å². The van der Waals surface area contributed by atoms with Crippen molar-refractivity contribution in [1.82, 2.24) is 0 Å². The fourth-order valence-corrected chi connectivity index (χ4v) is 5.14. The largest absolute Gasteiger partial charge is 0.490 e. The van der Waals surface area contributed by atoms with Crippen molar-refractivity contribution in [3.8, 4) is 16.9 Å². The first kappa shape index (κ1) is 23.7. The minimum absolute atomic E-state index is 0.0417. The lowest BCUT2D eigenvalue weighted by molar-refractivity contribution is 0.295. The first-order valence-corrected chi connectivity index (χ1v) is 12.4. The van der Waals surface area contributed by atoms with E-state index < -0.39 is 17.5 Å². The van der Waals surface area contributed by atoms with Gasteiger partial charge in [-0.3, -0.25) is 0 Å². The molecule has 33 heavy (non-hydrogen) atoms. The van der Waals surface area contributed by atoms with E-state index in [-0.39, 0.29) is 16.7 Å². The molecule has 0 saturated heterocycles. The van der Waals surface area contributed by atoms with Gasteiger partial charge in [0, 0.05) is 5.56 Å². The quantitative estimate of drug-likeness (QED) is 0.308. The molecule has 0 heterocycles. The number of ether oxygens (including phenoxy) is 1. The van der Waals surface area contributed by atoms with Crippen molar-refractivity contribution in [2.45, 2.75) is 71.1 Å². The van der Waals surface area contributed by atoms with E-state index in [9.17, 15) is 8.78 Å². The Kier molecular flexibility index (Phi) is 7.62. The van der Waals surface area contributed by atoms with Crippen molar-refractivity contribution < 1.29 is 17.9 Å². The molecule has 0 amide bonds. The average molecular weight is 455 g/mol. The van der Waals surface area contributed by atoms with Gasteiger partial charge in [0.05, 0.1) is 12.0 Å². The summed E-state index contributed by atoms with van der Waals surface area (Å²) in [5, 5.41) is -0.0340. The normalized spacial score (nSPS) is 18.6. The molecule has 0 unspecified atom stereocenters. The Morgan fingerprint density at radius 1 is 0.818 bits per heavy atom. The Balaban J connectivity index is 1.58.